The third-order valence-electron chi connectivity index (χ3n) is 4.68. The van der Waals surface area contributed by atoms with E-state index in [1.54, 1.807) is 0 Å². The molecule has 0 aromatic rings. The summed E-state index contributed by atoms with van der Waals surface area (Å²) < 4.78 is 0. The summed E-state index contributed by atoms with van der Waals surface area (Å²) in [5.41, 5.74) is 0. The Bertz CT molecular complexity index is 239. The van der Waals surface area contributed by atoms with Gasteiger partial charge in [-0.15, -0.1) is 0 Å². The fraction of sp³-hybridized carbons (Fsp3) is 1.00. The van der Waals surface area contributed by atoms with E-state index < -0.39 is 0 Å². The molecule has 1 saturated heterocycles. The van der Waals surface area contributed by atoms with Gasteiger partial charge in [0.15, 0.2) is 0 Å². The number of hydrogen-bond donors (Lipinski definition) is 0. The summed E-state index contributed by atoms with van der Waals surface area (Å²) in [7, 11) is 0. The van der Waals surface area contributed by atoms with Gasteiger partial charge in [-0.3, -0.25) is 0 Å². The van der Waals surface area contributed by atoms with E-state index in [-0.39, 0.29) is 0 Å². The first-order chi connectivity index (χ1) is 11.9. The molecule has 0 saturated carbocycles. The molecule has 144 valence electrons. The second kappa shape index (κ2) is 18.8. The summed E-state index contributed by atoms with van der Waals surface area (Å²) in [6.07, 6.45) is 14.5. The zero-order valence-electron chi connectivity index (χ0n) is 16.1. The number of nitrogens with zero attached hydrogens (tertiary/aromatic N) is 1. The van der Waals surface area contributed by atoms with Crippen LogP contribution in [0.4, 0.5) is 0 Å². The maximum Gasteiger partial charge on any atom is 0.00727 e. The van der Waals surface area contributed by atoms with Crippen LogP contribution in [0.25, 0.3) is 0 Å². The molecular formula is C20H41NS3. The predicted octanol–water partition coefficient (Wildman–Crippen LogP) is 6.42. The van der Waals surface area contributed by atoms with Crippen molar-refractivity contribution in [2.24, 2.45) is 0 Å². The van der Waals surface area contributed by atoms with Crippen molar-refractivity contribution >= 4 is 35.3 Å². The lowest BCUT2D eigenvalue weighted by molar-refractivity contribution is 0.300. The van der Waals surface area contributed by atoms with Crippen LogP contribution in [0.5, 0.6) is 0 Å². The van der Waals surface area contributed by atoms with Gasteiger partial charge in [-0.25, -0.2) is 0 Å². The van der Waals surface area contributed by atoms with Gasteiger partial charge in [0.1, 0.15) is 0 Å². The molecule has 1 heterocycles. The van der Waals surface area contributed by atoms with Crippen molar-refractivity contribution in [2.75, 3.05) is 54.2 Å². The summed E-state index contributed by atoms with van der Waals surface area (Å²) in [5, 5.41) is 0. The number of rotatable bonds is 11. The standard InChI is InChI=1S/C20H41NS3/c1-2-3-4-5-6-7-8-9-10-11-12-21-13-15-22-17-19-24-20-18-23-16-14-21/h2-20H2,1H3. The topological polar surface area (TPSA) is 3.24 Å². The second-order valence-corrected chi connectivity index (χ2v) is 10.5. The molecule has 1 aliphatic heterocycles. The van der Waals surface area contributed by atoms with Gasteiger partial charge in [-0.2, -0.15) is 35.3 Å². The van der Waals surface area contributed by atoms with Gasteiger partial charge in [-0.1, -0.05) is 64.7 Å². The first kappa shape index (κ1) is 23.0. The maximum absolute atomic E-state index is 2.74. The SMILES string of the molecule is CCCCCCCCCCCCN1CCSCCSCCSCC1. The predicted molar refractivity (Wildman–Crippen MR) is 120 cm³/mol. The van der Waals surface area contributed by atoms with Crippen LogP contribution in [0, 0.1) is 0 Å². The van der Waals surface area contributed by atoms with Crippen molar-refractivity contribution < 1.29 is 0 Å². The fourth-order valence-corrected chi connectivity index (χ4v) is 6.36. The van der Waals surface area contributed by atoms with Crippen LogP contribution in [0.2, 0.25) is 0 Å². The molecule has 0 aliphatic carbocycles. The van der Waals surface area contributed by atoms with E-state index in [0.717, 1.165) is 0 Å². The average Bonchev–Trinajstić information content (AvgIpc) is 2.58. The van der Waals surface area contributed by atoms with Crippen molar-refractivity contribution in [3.05, 3.63) is 0 Å². The number of thioether (sulfide) groups is 3. The first-order valence-corrected chi connectivity index (χ1v) is 13.9. The van der Waals surface area contributed by atoms with Crippen LogP contribution in [0.3, 0.4) is 0 Å². The van der Waals surface area contributed by atoms with Crippen molar-refractivity contribution in [1.29, 1.82) is 0 Å². The maximum atomic E-state index is 2.74. The lowest BCUT2D eigenvalue weighted by Crippen LogP contribution is -2.30. The van der Waals surface area contributed by atoms with Crippen LogP contribution in [0.15, 0.2) is 0 Å². The van der Waals surface area contributed by atoms with Gasteiger partial charge in [0, 0.05) is 47.6 Å². The van der Waals surface area contributed by atoms with E-state index in [2.05, 4.69) is 47.1 Å². The normalized spacial score (nSPS) is 18.9. The zero-order valence-corrected chi connectivity index (χ0v) is 18.6. The van der Waals surface area contributed by atoms with Crippen molar-refractivity contribution in [2.45, 2.75) is 71.1 Å². The van der Waals surface area contributed by atoms with E-state index in [9.17, 15) is 0 Å². The number of hydrogen-bond acceptors (Lipinski definition) is 4. The fourth-order valence-electron chi connectivity index (χ4n) is 3.09. The van der Waals surface area contributed by atoms with Crippen LogP contribution < -0.4 is 0 Å². The molecule has 0 N–H and O–H groups in total. The molecule has 0 radical (unpaired) electrons. The van der Waals surface area contributed by atoms with Crippen molar-refractivity contribution in [3.63, 3.8) is 0 Å². The third-order valence-corrected chi connectivity index (χ3v) is 8.11. The van der Waals surface area contributed by atoms with E-state index in [0.29, 0.717) is 0 Å². The molecular weight excluding hydrogens is 350 g/mol. The van der Waals surface area contributed by atoms with E-state index in [4.69, 9.17) is 0 Å². The van der Waals surface area contributed by atoms with Gasteiger partial charge in [0.2, 0.25) is 0 Å². The molecule has 0 aromatic carbocycles. The van der Waals surface area contributed by atoms with Crippen molar-refractivity contribution in [3.8, 4) is 0 Å². The third kappa shape index (κ3) is 15.3. The summed E-state index contributed by atoms with van der Waals surface area (Å²) in [4.78, 5) is 2.74. The van der Waals surface area contributed by atoms with E-state index in [1.165, 1.54) is 118 Å². The quantitative estimate of drug-likeness (QED) is 0.373. The molecule has 1 nitrogen and oxygen atoms in total. The molecule has 0 amide bonds. The van der Waals surface area contributed by atoms with Gasteiger partial charge in [-0.05, 0) is 13.0 Å². The van der Waals surface area contributed by atoms with Gasteiger partial charge < -0.3 is 4.90 Å². The molecule has 0 atom stereocenters. The largest absolute Gasteiger partial charge is 0.302 e. The summed E-state index contributed by atoms with van der Waals surface area (Å²) in [6.45, 7) is 6.27. The molecule has 1 rings (SSSR count). The minimum absolute atomic E-state index is 1.31. The smallest absolute Gasteiger partial charge is 0.00727 e. The molecule has 1 fully saturated rings. The van der Waals surface area contributed by atoms with E-state index >= 15 is 0 Å². The minimum Gasteiger partial charge on any atom is -0.302 e. The van der Waals surface area contributed by atoms with Gasteiger partial charge in [0.25, 0.3) is 0 Å². The highest BCUT2D eigenvalue weighted by molar-refractivity contribution is 8.04. The lowest BCUT2D eigenvalue weighted by atomic mass is 10.1. The highest BCUT2D eigenvalue weighted by Crippen LogP contribution is 2.14. The van der Waals surface area contributed by atoms with Crippen molar-refractivity contribution in [1.82, 2.24) is 4.90 Å². The van der Waals surface area contributed by atoms with E-state index in [1.807, 2.05) is 0 Å². The van der Waals surface area contributed by atoms with Crippen LogP contribution in [0.1, 0.15) is 71.1 Å². The first-order valence-electron chi connectivity index (χ1n) is 10.4. The highest BCUT2D eigenvalue weighted by atomic mass is 32.2. The Morgan fingerprint density at radius 2 is 0.958 bits per heavy atom. The molecule has 4 heteroatoms. The Morgan fingerprint density at radius 1 is 0.542 bits per heavy atom. The average molecular weight is 392 g/mol. The molecule has 24 heavy (non-hydrogen) atoms. The Hall–Kier alpha value is 1.01. The number of unbranched alkanes of at least 4 members (excludes halogenated alkanes) is 9. The Balaban J connectivity index is 1.96. The minimum atomic E-state index is 1.31. The van der Waals surface area contributed by atoms with Gasteiger partial charge >= 0.3 is 0 Å². The second-order valence-electron chi connectivity index (χ2n) is 6.86. The molecule has 1 aliphatic rings. The lowest BCUT2D eigenvalue weighted by Gasteiger charge is -2.22. The molecule has 0 bridgehead atoms. The summed E-state index contributed by atoms with van der Waals surface area (Å²) in [5.74, 6) is 8.07. The van der Waals surface area contributed by atoms with Crippen LogP contribution >= 0.6 is 35.3 Å². The Morgan fingerprint density at radius 3 is 1.46 bits per heavy atom. The summed E-state index contributed by atoms with van der Waals surface area (Å²) >= 11 is 6.46. The van der Waals surface area contributed by atoms with Gasteiger partial charge in [0.05, 0.1) is 0 Å². The zero-order chi connectivity index (χ0) is 17.1. The Kier molecular flexibility index (Phi) is 18.0. The monoisotopic (exact) mass is 391 g/mol. The highest BCUT2D eigenvalue weighted by Gasteiger charge is 2.06. The van der Waals surface area contributed by atoms with Crippen LogP contribution in [-0.4, -0.2) is 59.1 Å². The van der Waals surface area contributed by atoms with Crippen LogP contribution in [-0.2, 0) is 0 Å². The molecule has 0 spiro atoms. The Labute approximate surface area is 165 Å². The molecule has 0 aromatic heterocycles. The molecule has 0 unspecified atom stereocenters. The summed E-state index contributed by atoms with van der Waals surface area (Å²) in [6, 6.07) is 0.